The molecule has 1 amide bonds. The largest absolute Gasteiger partial charge is 0.469 e. The molecular weight excluding hydrogens is 747 g/mol. The van der Waals surface area contributed by atoms with E-state index in [9.17, 15) is 19.4 Å². The first kappa shape index (κ1) is 38.4. The number of pyridine rings is 2. The Bertz CT molecular complexity index is 2440. The Morgan fingerprint density at radius 3 is 2.60 bits per heavy atom. The molecule has 0 unspecified atom stereocenters. The second-order valence-electron chi connectivity index (χ2n) is 15.5. The van der Waals surface area contributed by atoms with Crippen LogP contribution in [0.25, 0.3) is 21.7 Å². The minimum Gasteiger partial charge on any atom is -0.449 e. The predicted octanol–water partition coefficient (Wildman–Crippen LogP) is 6.79. The van der Waals surface area contributed by atoms with Crippen LogP contribution in [0.5, 0.6) is 0 Å². The fourth-order valence-electron chi connectivity index (χ4n) is 7.58. The number of nitrogens with one attached hydrogen (secondary N) is 1. The average Bonchev–Trinajstić information content (AvgIpc) is 3.60. The van der Waals surface area contributed by atoms with Gasteiger partial charge in [-0.15, -0.1) is 5.10 Å². The van der Waals surface area contributed by atoms with Crippen LogP contribution in [0.3, 0.4) is 0 Å². The number of hydrogen-bond acceptors (Lipinski definition) is 10. The van der Waals surface area contributed by atoms with E-state index in [1.165, 1.54) is 15.7 Å². The van der Waals surface area contributed by atoms with Gasteiger partial charge in [-0.05, 0) is 72.2 Å². The Morgan fingerprint density at radius 1 is 1.18 bits per heavy atom. The van der Waals surface area contributed by atoms with Crippen molar-refractivity contribution in [2.45, 2.75) is 64.5 Å². The van der Waals surface area contributed by atoms with Crippen LogP contribution in [0.1, 0.15) is 75.7 Å². The molecule has 2 aromatic carbocycles. The Balaban J connectivity index is 1.43. The number of nitriles is 1. The summed E-state index contributed by atoms with van der Waals surface area (Å²) in [5.41, 5.74) is 1.89. The van der Waals surface area contributed by atoms with Gasteiger partial charge in [-0.2, -0.15) is 5.26 Å². The zero-order valence-corrected chi connectivity index (χ0v) is 32.5. The predicted molar refractivity (Wildman–Crippen MR) is 207 cm³/mol. The standard InChI is InChI=1S/C38H42ClN8O7P/c1-37(2,3)22-42-32-23(19-40)20-41-33-29(32)17-25(18-30(33)39)47(36(49)53-15-6-16-54-55(50,51)52)34(27-7-5-8-28-26(27)11-14-45(4)35(28)48)31-21-46(44-43-31)38-12-9-24(38)10-13-38/h5,7-8,11,14,17-18,20-21,24,34H,6,9-10,12-13,15-16,22H2,1-4H3,(H,41,42)(H2,50,51,52)/t24?,34-,38?/m0/s1. The molecule has 7 rings (SSSR count). The lowest BCUT2D eigenvalue weighted by molar-refractivity contribution is -0.0693. The summed E-state index contributed by atoms with van der Waals surface area (Å²) in [7, 11) is -3.07. The van der Waals surface area contributed by atoms with Crippen molar-refractivity contribution in [1.29, 1.82) is 5.26 Å². The van der Waals surface area contributed by atoms with Gasteiger partial charge in [0.25, 0.3) is 5.56 Å². The highest BCUT2D eigenvalue weighted by Gasteiger charge is 2.56. The Hall–Kier alpha value is -4.84. The van der Waals surface area contributed by atoms with Gasteiger partial charge in [-0.1, -0.05) is 49.7 Å². The first-order valence-electron chi connectivity index (χ1n) is 18.0. The first-order valence-corrected chi connectivity index (χ1v) is 19.9. The molecule has 2 saturated carbocycles. The molecule has 2 fully saturated rings. The molecule has 0 spiro atoms. The van der Waals surface area contributed by atoms with Crippen molar-refractivity contribution >= 4 is 58.6 Å². The third-order valence-electron chi connectivity index (χ3n) is 10.6. The summed E-state index contributed by atoms with van der Waals surface area (Å²) in [4.78, 5) is 52.3. The molecule has 2 aliphatic rings. The van der Waals surface area contributed by atoms with E-state index < -0.39 is 20.0 Å². The summed E-state index contributed by atoms with van der Waals surface area (Å²) in [5.74, 6) is 0.498. The highest BCUT2D eigenvalue weighted by atomic mass is 35.5. The highest BCUT2D eigenvalue weighted by molar-refractivity contribution is 7.46. The fraction of sp³-hybridized carbons (Fsp3) is 0.421. The maximum atomic E-state index is 14.7. The van der Waals surface area contributed by atoms with Gasteiger partial charge in [-0.3, -0.25) is 19.2 Å². The number of nitrogens with zero attached hydrogens (tertiary/aromatic N) is 7. The van der Waals surface area contributed by atoms with Crippen molar-refractivity contribution in [2.75, 3.05) is 30.0 Å². The normalized spacial score (nSPS) is 18.5. The molecule has 15 nitrogen and oxygen atoms in total. The van der Waals surface area contributed by atoms with Crippen molar-refractivity contribution in [3.05, 3.63) is 87.2 Å². The number of phosphoric ester groups is 1. The van der Waals surface area contributed by atoms with Gasteiger partial charge in [0.2, 0.25) is 0 Å². The van der Waals surface area contributed by atoms with E-state index in [-0.39, 0.29) is 52.4 Å². The number of amides is 1. The van der Waals surface area contributed by atoms with E-state index in [1.807, 2.05) is 23.0 Å². The SMILES string of the molecule is Cn1ccc2c([C@@H](c3cn(C45CCC4CC5)nn3)N(C(=O)OCCCOP(=O)(O)O)c3cc(Cl)c4ncc(C#N)c(NCC(C)(C)C)c4c3)cccc2c1=O. The summed E-state index contributed by atoms with van der Waals surface area (Å²) >= 11 is 6.98. The maximum Gasteiger partial charge on any atom is 0.469 e. The molecule has 3 N–H and O–H groups in total. The number of ether oxygens (including phenoxy) is 1. The minimum absolute atomic E-state index is 0.0193. The molecule has 0 aliphatic heterocycles. The van der Waals surface area contributed by atoms with E-state index in [1.54, 1.807) is 37.5 Å². The molecule has 0 saturated heterocycles. The summed E-state index contributed by atoms with van der Waals surface area (Å²) in [6, 6.07) is 11.6. The van der Waals surface area contributed by atoms with Crippen molar-refractivity contribution < 1.29 is 28.4 Å². The van der Waals surface area contributed by atoms with Crippen LogP contribution in [-0.2, 0) is 26.4 Å². The van der Waals surface area contributed by atoms with Crippen molar-refractivity contribution in [1.82, 2.24) is 24.5 Å². The molecule has 2 aliphatic carbocycles. The molecule has 3 aromatic heterocycles. The number of carbonyl (C=O) groups excluding carboxylic acids is 1. The summed E-state index contributed by atoms with van der Waals surface area (Å²) in [6.07, 6.45) is 8.26. The van der Waals surface area contributed by atoms with Gasteiger partial charge < -0.3 is 24.4 Å². The number of rotatable bonds is 12. The topological polar surface area (TPSA) is 198 Å². The van der Waals surface area contributed by atoms with Gasteiger partial charge in [0.15, 0.2) is 0 Å². The third kappa shape index (κ3) is 7.45. The van der Waals surface area contributed by atoms with Crippen molar-refractivity contribution in [3.8, 4) is 6.07 Å². The fourth-order valence-corrected chi connectivity index (χ4v) is 8.21. The van der Waals surface area contributed by atoms with E-state index >= 15 is 0 Å². The maximum absolute atomic E-state index is 14.7. The van der Waals surface area contributed by atoms with Crippen LogP contribution >= 0.6 is 19.4 Å². The van der Waals surface area contributed by atoms with E-state index in [0.29, 0.717) is 51.1 Å². The monoisotopic (exact) mass is 788 g/mol. The summed E-state index contributed by atoms with van der Waals surface area (Å²) in [5, 5.41) is 24.5. The van der Waals surface area contributed by atoms with Crippen molar-refractivity contribution in [2.24, 2.45) is 18.4 Å². The first-order chi connectivity index (χ1) is 26.1. The number of phosphoric acid groups is 1. The van der Waals surface area contributed by atoms with Gasteiger partial charge in [0.1, 0.15) is 17.8 Å². The number of fused-ring (bicyclic) bond motifs is 3. The molecule has 0 radical (unpaired) electrons. The number of hydrogen-bond donors (Lipinski definition) is 3. The van der Waals surface area contributed by atoms with Crippen LogP contribution in [-0.4, -0.2) is 60.2 Å². The van der Waals surface area contributed by atoms with E-state index in [4.69, 9.17) is 26.1 Å². The van der Waals surface area contributed by atoms with Crippen molar-refractivity contribution in [3.63, 3.8) is 0 Å². The van der Waals surface area contributed by atoms with Gasteiger partial charge in [-0.25, -0.2) is 14.0 Å². The van der Waals surface area contributed by atoms with Crippen LogP contribution in [0.2, 0.25) is 5.02 Å². The molecule has 5 aromatic rings. The minimum atomic E-state index is -4.73. The second kappa shape index (κ2) is 14.7. The van der Waals surface area contributed by atoms with Gasteiger partial charge in [0.05, 0.1) is 52.4 Å². The molecule has 0 bridgehead atoms. The molecular formula is C38H42ClN8O7P. The number of aromatic nitrogens is 5. The van der Waals surface area contributed by atoms with Crippen LogP contribution in [0.4, 0.5) is 16.2 Å². The Labute approximate surface area is 322 Å². The van der Waals surface area contributed by atoms with Gasteiger partial charge in [0, 0.05) is 43.2 Å². The number of halogens is 1. The Morgan fingerprint density at radius 2 is 1.95 bits per heavy atom. The van der Waals surface area contributed by atoms with Crippen LogP contribution in [0.15, 0.2) is 59.8 Å². The summed E-state index contributed by atoms with van der Waals surface area (Å²) in [6.45, 7) is 6.06. The lowest BCUT2D eigenvalue weighted by Crippen LogP contribution is -2.57. The van der Waals surface area contributed by atoms with E-state index in [2.05, 4.69) is 52.0 Å². The van der Waals surface area contributed by atoms with Crippen LogP contribution in [0, 0.1) is 22.7 Å². The van der Waals surface area contributed by atoms with Gasteiger partial charge >= 0.3 is 13.9 Å². The lowest BCUT2D eigenvalue weighted by Gasteiger charge is -2.58. The molecule has 55 heavy (non-hydrogen) atoms. The zero-order chi connectivity index (χ0) is 39.3. The van der Waals surface area contributed by atoms with E-state index in [0.717, 1.165) is 25.7 Å². The van der Waals surface area contributed by atoms with Crippen LogP contribution < -0.4 is 15.8 Å². The highest BCUT2D eigenvalue weighted by Crippen LogP contribution is 2.59. The average molecular weight is 789 g/mol. The number of aryl methyl sites for hydroxylation is 1. The smallest absolute Gasteiger partial charge is 0.449 e. The zero-order valence-electron chi connectivity index (χ0n) is 30.9. The molecule has 17 heteroatoms. The number of benzene rings is 2. The lowest BCUT2D eigenvalue weighted by atomic mass is 9.53. The summed E-state index contributed by atoms with van der Waals surface area (Å²) < 4.78 is 25.1. The number of carbonyl (C=O) groups is 1. The molecule has 3 heterocycles. The second-order valence-corrected chi connectivity index (χ2v) is 17.1. The molecule has 288 valence electrons. The Kier molecular flexibility index (Phi) is 10.3. The third-order valence-corrected chi connectivity index (χ3v) is 11.4. The quantitative estimate of drug-likeness (QED) is 0.0885. The molecule has 1 atom stereocenters. The number of anilines is 2.